The number of hydrogen-bond donors (Lipinski definition) is 0. The summed E-state index contributed by atoms with van der Waals surface area (Å²) < 4.78 is 24.2. The molecule has 1 rings (SSSR count). The van der Waals surface area contributed by atoms with Crippen molar-refractivity contribution >= 4 is 14.7 Å². The van der Waals surface area contributed by atoms with Crippen LogP contribution in [0.25, 0.3) is 0 Å². The monoisotopic (exact) mass is 373 g/mol. The Morgan fingerprint density at radius 3 is 1.92 bits per heavy atom. The molecule has 0 aliphatic carbocycles. The lowest BCUT2D eigenvalue weighted by atomic mass is 10.1. The molecule has 0 aromatic carbocycles. The molecule has 148 valence electrons. The molecular weight excluding hydrogens is 334 g/mol. The summed E-state index contributed by atoms with van der Waals surface area (Å²) in [5.41, 5.74) is 0.0329. The first-order valence-electron chi connectivity index (χ1n) is 10.3. The van der Waals surface area contributed by atoms with E-state index < -0.39 is 8.80 Å². The van der Waals surface area contributed by atoms with E-state index in [-0.39, 0.29) is 5.54 Å². The predicted molar refractivity (Wildman–Crippen MR) is 105 cm³/mol. The van der Waals surface area contributed by atoms with Gasteiger partial charge in [-0.15, -0.1) is 0 Å². The fourth-order valence-corrected chi connectivity index (χ4v) is 6.45. The van der Waals surface area contributed by atoms with Gasteiger partial charge in [0.15, 0.2) is 5.90 Å². The highest BCUT2D eigenvalue weighted by molar-refractivity contribution is 6.66. The first kappa shape index (κ1) is 22.6. The first-order chi connectivity index (χ1) is 12.2. The second kappa shape index (κ2) is 13.7. The van der Waals surface area contributed by atoms with Gasteiger partial charge in [-0.2, -0.15) is 0 Å². The average Bonchev–Trinajstić information content (AvgIpc) is 3.12. The van der Waals surface area contributed by atoms with Crippen LogP contribution in [0.1, 0.15) is 79.1 Å². The molecule has 1 unspecified atom stereocenters. The van der Waals surface area contributed by atoms with Crippen LogP contribution in [0.4, 0.5) is 0 Å². The molecule has 1 atom stereocenters. The van der Waals surface area contributed by atoms with Gasteiger partial charge in [0, 0.05) is 19.8 Å². The molecule has 0 amide bonds. The zero-order chi connectivity index (χ0) is 18.4. The van der Waals surface area contributed by atoms with Crippen LogP contribution in [0.15, 0.2) is 4.99 Å². The largest absolute Gasteiger partial charge is 0.513 e. The minimum Gasteiger partial charge on any atom is -0.479 e. The van der Waals surface area contributed by atoms with Crippen LogP contribution >= 0.6 is 0 Å². The van der Waals surface area contributed by atoms with Crippen molar-refractivity contribution in [1.29, 1.82) is 0 Å². The van der Waals surface area contributed by atoms with E-state index in [1.54, 1.807) is 0 Å². The van der Waals surface area contributed by atoms with Crippen LogP contribution in [-0.4, -0.2) is 47.7 Å². The van der Waals surface area contributed by atoms with Gasteiger partial charge in [-0.05, 0) is 27.2 Å². The SMILES string of the molecule is CCCCCCCCCC(C1=NCCO1)[Si](OCC)(OCC)OCC. The molecule has 0 spiro atoms. The molecule has 0 fully saturated rings. The van der Waals surface area contributed by atoms with Crippen molar-refractivity contribution in [3.63, 3.8) is 0 Å². The predicted octanol–water partition coefficient (Wildman–Crippen LogP) is 4.97. The molecule has 0 saturated carbocycles. The van der Waals surface area contributed by atoms with Gasteiger partial charge in [0.05, 0.1) is 6.54 Å². The summed E-state index contributed by atoms with van der Waals surface area (Å²) in [5, 5.41) is 0. The number of hydrogen-bond acceptors (Lipinski definition) is 5. The molecular formula is C19H39NO4Si. The average molecular weight is 374 g/mol. The minimum atomic E-state index is -2.83. The Hall–Kier alpha value is -0.433. The van der Waals surface area contributed by atoms with Gasteiger partial charge in [0.1, 0.15) is 12.1 Å². The topological polar surface area (TPSA) is 49.3 Å². The second-order valence-corrected chi connectivity index (χ2v) is 9.20. The summed E-state index contributed by atoms with van der Waals surface area (Å²) >= 11 is 0. The van der Waals surface area contributed by atoms with Crippen LogP contribution in [-0.2, 0) is 18.0 Å². The van der Waals surface area contributed by atoms with E-state index in [1.807, 2.05) is 20.8 Å². The fourth-order valence-electron chi connectivity index (χ4n) is 3.35. The lowest BCUT2D eigenvalue weighted by Crippen LogP contribution is -2.53. The summed E-state index contributed by atoms with van der Waals surface area (Å²) in [5.74, 6) is 0.799. The van der Waals surface area contributed by atoms with Crippen LogP contribution in [0.3, 0.4) is 0 Å². The van der Waals surface area contributed by atoms with E-state index in [1.165, 1.54) is 38.5 Å². The molecule has 0 aromatic heterocycles. The molecule has 0 N–H and O–H groups in total. The molecule has 1 heterocycles. The number of nitrogens with zero attached hydrogens (tertiary/aromatic N) is 1. The van der Waals surface area contributed by atoms with Gasteiger partial charge in [-0.3, -0.25) is 4.99 Å². The van der Waals surface area contributed by atoms with Crippen molar-refractivity contribution in [1.82, 2.24) is 0 Å². The smallest absolute Gasteiger partial charge is 0.479 e. The van der Waals surface area contributed by atoms with E-state index in [4.69, 9.17) is 18.0 Å². The van der Waals surface area contributed by atoms with Gasteiger partial charge in [-0.1, -0.05) is 51.9 Å². The summed E-state index contributed by atoms with van der Waals surface area (Å²) in [6.07, 6.45) is 9.98. The highest BCUT2D eigenvalue weighted by Crippen LogP contribution is 2.34. The van der Waals surface area contributed by atoms with Crippen molar-refractivity contribution in [2.45, 2.75) is 84.6 Å². The molecule has 1 aliphatic heterocycles. The van der Waals surface area contributed by atoms with Gasteiger partial charge < -0.3 is 18.0 Å². The van der Waals surface area contributed by atoms with Crippen molar-refractivity contribution in [2.24, 2.45) is 4.99 Å². The van der Waals surface area contributed by atoms with Crippen LogP contribution in [0.2, 0.25) is 5.54 Å². The Kier molecular flexibility index (Phi) is 12.4. The molecule has 0 radical (unpaired) electrons. The maximum Gasteiger partial charge on any atom is 0.513 e. The quantitative estimate of drug-likeness (QED) is 0.283. The van der Waals surface area contributed by atoms with Crippen LogP contribution in [0.5, 0.6) is 0 Å². The molecule has 1 aliphatic rings. The van der Waals surface area contributed by atoms with E-state index in [0.717, 1.165) is 25.3 Å². The molecule has 0 aromatic rings. The Morgan fingerprint density at radius 1 is 0.880 bits per heavy atom. The number of aliphatic imine (C=N–C) groups is 1. The Balaban J connectivity index is 2.69. The number of rotatable bonds is 16. The Morgan fingerprint density at radius 2 is 1.44 bits per heavy atom. The standard InChI is InChI=1S/C19H39NO4Si/c1-5-9-10-11-12-13-14-15-18(19-20-16-17-21-19)25(22-6-2,23-7-3)24-8-4/h18H,5-17H2,1-4H3. The third kappa shape index (κ3) is 7.77. The van der Waals surface area contributed by atoms with Gasteiger partial charge in [-0.25, -0.2) is 0 Å². The Bertz CT molecular complexity index is 348. The van der Waals surface area contributed by atoms with Crippen LogP contribution in [0, 0.1) is 0 Å². The number of unbranched alkanes of at least 4 members (excludes halogenated alkanes) is 6. The van der Waals surface area contributed by atoms with Gasteiger partial charge in [0.2, 0.25) is 0 Å². The zero-order valence-electron chi connectivity index (χ0n) is 16.8. The molecule has 5 nitrogen and oxygen atoms in total. The third-order valence-corrected chi connectivity index (χ3v) is 7.93. The van der Waals surface area contributed by atoms with Crippen molar-refractivity contribution in [3.05, 3.63) is 0 Å². The van der Waals surface area contributed by atoms with E-state index in [9.17, 15) is 0 Å². The second-order valence-electron chi connectivity index (χ2n) is 6.43. The molecule has 25 heavy (non-hydrogen) atoms. The maximum atomic E-state index is 6.13. The van der Waals surface area contributed by atoms with Gasteiger partial charge >= 0.3 is 8.80 Å². The summed E-state index contributed by atoms with van der Waals surface area (Å²) in [6, 6.07) is 0. The number of ether oxygens (including phenoxy) is 1. The minimum absolute atomic E-state index is 0.0329. The third-order valence-electron chi connectivity index (χ3n) is 4.47. The normalized spacial score (nSPS) is 15.9. The molecule has 0 bridgehead atoms. The maximum absolute atomic E-state index is 6.13. The van der Waals surface area contributed by atoms with Crippen molar-refractivity contribution in [3.8, 4) is 0 Å². The van der Waals surface area contributed by atoms with Crippen molar-refractivity contribution in [2.75, 3.05) is 33.0 Å². The first-order valence-corrected chi connectivity index (χ1v) is 12.1. The summed E-state index contributed by atoms with van der Waals surface area (Å²) in [6.45, 7) is 11.4. The fraction of sp³-hybridized carbons (Fsp3) is 0.947. The van der Waals surface area contributed by atoms with Crippen molar-refractivity contribution < 1.29 is 18.0 Å². The highest BCUT2D eigenvalue weighted by atomic mass is 28.4. The summed E-state index contributed by atoms with van der Waals surface area (Å²) in [4.78, 5) is 4.58. The van der Waals surface area contributed by atoms with Crippen LogP contribution < -0.4 is 0 Å². The lowest BCUT2D eigenvalue weighted by Gasteiger charge is -2.34. The van der Waals surface area contributed by atoms with E-state index >= 15 is 0 Å². The summed E-state index contributed by atoms with van der Waals surface area (Å²) in [7, 11) is -2.83. The highest BCUT2D eigenvalue weighted by Gasteiger charge is 2.52. The van der Waals surface area contributed by atoms with Gasteiger partial charge in [0.25, 0.3) is 0 Å². The van der Waals surface area contributed by atoms with E-state index in [2.05, 4.69) is 11.9 Å². The molecule has 0 saturated heterocycles. The van der Waals surface area contributed by atoms with E-state index in [0.29, 0.717) is 26.4 Å². The molecule has 6 heteroatoms. The lowest BCUT2D eigenvalue weighted by molar-refractivity contribution is 0.0638. The Labute approximate surface area is 155 Å². The zero-order valence-corrected chi connectivity index (χ0v) is 17.8.